The first-order chi connectivity index (χ1) is 23.2. The molecule has 0 spiro atoms. The zero-order valence-corrected chi connectivity index (χ0v) is 33.3. The van der Waals surface area contributed by atoms with Gasteiger partial charge in [0.15, 0.2) is 0 Å². The topological polar surface area (TPSA) is 60.7 Å². The van der Waals surface area contributed by atoms with Crippen molar-refractivity contribution in [2.45, 2.75) is 160 Å². The van der Waals surface area contributed by atoms with Gasteiger partial charge in [0.05, 0.1) is 0 Å². The Morgan fingerprint density at radius 1 is 0.469 bits per heavy atom. The average Bonchev–Trinajstić information content (AvgIpc) is 3.02. The van der Waals surface area contributed by atoms with Gasteiger partial charge in [-0.05, 0) is 180 Å². The Morgan fingerprint density at radius 2 is 0.776 bits per heavy atom. The third-order valence-electron chi connectivity index (χ3n) is 10.6. The van der Waals surface area contributed by atoms with E-state index in [1.165, 1.54) is 22.3 Å². The van der Waals surface area contributed by atoms with Crippen LogP contribution in [0.25, 0.3) is 0 Å². The number of benzene rings is 3. The molecule has 0 aliphatic rings. The largest absolute Gasteiger partial charge is 0.508 e. The van der Waals surface area contributed by atoms with Crippen molar-refractivity contribution in [2.24, 2.45) is 0 Å². The summed E-state index contributed by atoms with van der Waals surface area (Å²) in [5, 5.41) is 33.4. The van der Waals surface area contributed by atoms with Crippen LogP contribution < -0.4 is 0 Å². The van der Waals surface area contributed by atoms with E-state index in [4.69, 9.17) is 34.8 Å². The summed E-state index contributed by atoms with van der Waals surface area (Å²) < 4.78 is 0. The minimum absolute atomic E-state index is 0.0429. The van der Waals surface area contributed by atoms with Crippen LogP contribution in [-0.4, -0.2) is 31.5 Å². The number of alkyl halides is 3. The van der Waals surface area contributed by atoms with E-state index >= 15 is 0 Å². The van der Waals surface area contributed by atoms with Gasteiger partial charge in [-0.3, -0.25) is 0 Å². The van der Waals surface area contributed by atoms with Crippen molar-refractivity contribution in [3.63, 3.8) is 0 Å². The molecule has 0 saturated carbocycles. The maximum Gasteiger partial charge on any atom is 0.119 e. The molecule has 0 bridgehead atoms. The highest BCUT2D eigenvalue weighted by molar-refractivity contribution is 6.20. The summed E-state index contributed by atoms with van der Waals surface area (Å²) in [6.07, 6.45) is 12.2. The van der Waals surface area contributed by atoms with Gasteiger partial charge in [0.25, 0.3) is 0 Å². The van der Waals surface area contributed by atoms with Crippen LogP contribution in [0.1, 0.15) is 154 Å². The average molecular weight is 732 g/mol. The fraction of sp³-hybridized carbons (Fsp3) is 0.581. The second-order valence-electron chi connectivity index (χ2n) is 14.6. The van der Waals surface area contributed by atoms with E-state index in [2.05, 4.69) is 45.9 Å². The zero-order chi connectivity index (χ0) is 36.2. The summed E-state index contributed by atoms with van der Waals surface area (Å²) >= 11 is 18.7. The lowest BCUT2D eigenvalue weighted by Crippen LogP contribution is -2.13. The molecule has 6 heteroatoms. The summed E-state index contributed by atoms with van der Waals surface area (Å²) in [7, 11) is 0. The first-order valence-electron chi connectivity index (χ1n) is 18.6. The Balaban J connectivity index is 2.05. The molecule has 0 fully saturated rings. The van der Waals surface area contributed by atoms with Gasteiger partial charge in [-0.1, -0.05) is 44.4 Å². The van der Waals surface area contributed by atoms with Gasteiger partial charge in [0.2, 0.25) is 0 Å². The normalized spacial score (nSPS) is 14.8. The molecule has 3 nitrogen and oxygen atoms in total. The molecule has 3 rings (SSSR count). The Bertz CT molecular complexity index is 1410. The Kier molecular flexibility index (Phi) is 17.0. The molecular weight excluding hydrogens is 671 g/mol. The first kappa shape index (κ1) is 41.4. The minimum atomic E-state index is 0.0429. The quantitative estimate of drug-likeness (QED) is 0.0801. The van der Waals surface area contributed by atoms with E-state index < -0.39 is 0 Å². The van der Waals surface area contributed by atoms with E-state index in [-0.39, 0.29) is 28.0 Å². The molecule has 4 unspecified atom stereocenters. The number of halogens is 3. The fourth-order valence-corrected chi connectivity index (χ4v) is 8.06. The smallest absolute Gasteiger partial charge is 0.119 e. The van der Waals surface area contributed by atoms with Crippen LogP contribution in [0.5, 0.6) is 17.2 Å². The molecule has 3 N–H and O–H groups in total. The van der Waals surface area contributed by atoms with E-state index in [0.29, 0.717) is 17.2 Å². The number of hydrogen-bond donors (Lipinski definition) is 3. The van der Waals surface area contributed by atoms with Crippen molar-refractivity contribution >= 4 is 34.8 Å². The lowest BCUT2D eigenvalue weighted by atomic mass is 9.76. The van der Waals surface area contributed by atoms with E-state index in [0.717, 1.165) is 111 Å². The van der Waals surface area contributed by atoms with Crippen molar-refractivity contribution in [1.29, 1.82) is 0 Å². The molecule has 0 amide bonds. The number of unbranched alkanes of at least 4 members (excludes halogenated alkanes) is 3. The van der Waals surface area contributed by atoms with Gasteiger partial charge < -0.3 is 15.3 Å². The highest BCUT2D eigenvalue weighted by Crippen LogP contribution is 2.43. The third-order valence-corrected chi connectivity index (χ3v) is 11.2. The fourth-order valence-electron chi connectivity index (χ4n) is 7.60. The number of phenols is 3. The number of hydrogen-bond acceptors (Lipinski definition) is 3. The lowest BCUT2D eigenvalue weighted by molar-refractivity contribution is 0.464. The summed E-state index contributed by atoms with van der Waals surface area (Å²) in [5.41, 5.74) is 10.2. The highest BCUT2D eigenvalue weighted by Gasteiger charge is 2.26. The molecule has 0 heterocycles. The molecule has 49 heavy (non-hydrogen) atoms. The molecule has 0 aromatic heterocycles. The second-order valence-corrected chi connectivity index (χ2v) is 16.8. The molecule has 0 aliphatic heterocycles. The maximum absolute atomic E-state index is 11.0. The molecular formula is C43H61Cl3O3. The van der Waals surface area contributed by atoms with Crippen LogP contribution in [0.4, 0.5) is 0 Å². The summed E-state index contributed by atoms with van der Waals surface area (Å²) in [4.78, 5) is 0. The molecule has 3 aromatic rings. The SMILES string of the molecule is Cc1c(C(C)CC(c2ccc(O)c(CCCCC(C)Cl)c2C)c2ccc(O)c(CCCCC(C)Cl)c2C)ccc(O)c1CCCCC(C)Cl. The van der Waals surface area contributed by atoms with E-state index in [1.807, 2.05) is 39.0 Å². The lowest BCUT2D eigenvalue weighted by Gasteiger charge is -2.29. The summed E-state index contributed by atoms with van der Waals surface area (Å²) in [6, 6.07) is 11.9. The third kappa shape index (κ3) is 12.0. The minimum Gasteiger partial charge on any atom is -0.508 e. The zero-order valence-electron chi connectivity index (χ0n) is 31.0. The van der Waals surface area contributed by atoms with Crippen LogP contribution in [0, 0.1) is 20.8 Å². The van der Waals surface area contributed by atoms with Crippen LogP contribution >= 0.6 is 34.8 Å². The van der Waals surface area contributed by atoms with Crippen LogP contribution in [0.15, 0.2) is 36.4 Å². The van der Waals surface area contributed by atoms with Crippen LogP contribution in [0.2, 0.25) is 0 Å². The standard InChI is InChI=1S/C43H61Cl3O3/c1-27(34-20-23-41(47)37(31(34)5)17-11-8-14-28(2)44)26-40(35-21-24-42(48)38(32(35)6)18-12-9-15-29(3)45)36-22-25-43(49)39(33(36)7)19-13-10-16-30(4)46/h20-25,27-30,40,47-49H,8-19,26H2,1-7H3. The van der Waals surface area contributed by atoms with Gasteiger partial charge in [-0.15, -0.1) is 34.8 Å². The molecule has 0 radical (unpaired) electrons. The molecule has 272 valence electrons. The van der Waals surface area contributed by atoms with E-state index in [9.17, 15) is 15.3 Å². The molecule has 4 atom stereocenters. The molecule has 0 aliphatic carbocycles. The predicted molar refractivity (Wildman–Crippen MR) is 212 cm³/mol. The van der Waals surface area contributed by atoms with Gasteiger partial charge in [0.1, 0.15) is 17.2 Å². The Labute approximate surface area is 312 Å². The molecule has 3 aromatic carbocycles. The van der Waals surface area contributed by atoms with Crippen LogP contribution in [0.3, 0.4) is 0 Å². The first-order valence-corrected chi connectivity index (χ1v) is 19.9. The van der Waals surface area contributed by atoms with Crippen LogP contribution in [-0.2, 0) is 19.3 Å². The Hall–Kier alpha value is -2.07. The van der Waals surface area contributed by atoms with Crippen molar-refractivity contribution in [3.8, 4) is 17.2 Å². The van der Waals surface area contributed by atoms with Crippen molar-refractivity contribution in [3.05, 3.63) is 86.5 Å². The highest BCUT2D eigenvalue weighted by atomic mass is 35.5. The number of aromatic hydroxyl groups is 3. The maximum atomic E-state index is 11.0. The van der Waals surface area contributed by atoms with Gasteiger partial charge in [0, 0.05) is 22.0 Å². The van der Waals surface area contributed by atoms with E-state index in [1.54, 1.807) is 0 Å². The summed E-state index contributed by atoms with van der Waals surface area (Å²) in [5.74, 6) is 1.31. The Morgan fingerprint density at radius 3 is 1.10 bits per heavy atom. The number of phenolic OH excluding ortho intramolecular Hbond substituents is 3. The van der Waals surface area contributed by atoms with Gasteiger partial charge >= 0.3 is 0 Å². The summed E-state index contributed by atoms with van der Waals surface area (Å²) in [6.45, 7) is 14.8. The van der Waals surface area contributed by atoms with Gasteiger partial charge in [-0.2, -0.15) is 0 Å². The van der Waals surface area contributed by atoms with Crippen molar-refractivity contribution < 1.29 is 15.3 Å². The predicted octanol–water partition coefficient (Wildman–Crippen LogP) is 13.1. The van der Waals surface area contributed by atoms with Gasteiger partial charge in [-0.25, -0.2) is 0 Å². The second kappa shape index (κ2) is 20.1. The molecule has 0 saturated heterocycles. The van der Waals surface area contributed by atoms with Crippen molar-refractivity contribution in [2.75, 3.05) is 0 Å². The van der Waals surface area contributed by atoms with Crippen molar-refractivity contribution in [1.82, 2.24) is 0 Å². The monoisotopic (exact) mass is 730 g/mol. The number of rotatable bonds is 20.